The van der Waals surface area contributed by atoms with Crippen molar-refractivity contribution in [3.05, 3.63) is 48.0 Å². The highest BCUT2D eigenvalue weighted by Gasteiger charge is 2.43. The Labute approximate surface area is 163 Å². The standard InChI is InChI=1S/C20H26BrNO4/c1-14(10-21)16-11-22(12-17(16)18(23)26-20(2,3)4)19(24)25-13-15-8-6-5-7-9-15/h5-9,16-17H,1,10-13H2,2-4H3/t16-,17+/m0/s1. The van der Waals surface area contributed by atoms with Crippen LogP contribution in [-0.4, -0.2) is 41.0 Å². The van der Waals surface area contributed by atoms with Crippen LogP contribution < -0.4 is 0 Å². The lowest BCUT2D eigenvalue weighted by atomic mass is 9.90. The lowest BCUT2D eigenvalue weighted by Crippen LogP contribution is -2.34. The van der Waals surface area contributed by atoms with Gasteiger partial charge >= 0.3 is 12.1 Å². The second kappa shape index (κ2) is 8.71. The maximum Gasteiger partial charge on any atom is 0.410 e. The third-order valence-corrected chi connectivity index (χ3v) is 4.91. The van der Waals surface area contributed by atoms with E-state index in [1.54, 1.807) is 4.90 Å². The molecule has 2 atom stereocenters. The summed E-state index contributed by atoms with van der Waals surface area (Å²) in [7, 11) is 0. The van der Waals surface area contributed by atoms with Gasteiger partial charge in [0, 0.05) is 24.3 Å². The summed E-state index contributed by atoms with van der Waals surface area (Å²) in [6.45, 7) is 10.4. The van der Waals surface area contributed by atoms with Crippen molar-refractivity contribution in [3.8, 4) is 0 Å². The van der Waals surface area contributed by atoms with E-state index < -0.39 is 17.6 Å². The first-order chi connectivity index (χ1) is 12.2. The van der Waals surface area contributed by atoms with Crippen LogP contribution in [0.25, 0.3) is 0 Å². The van der Waals surface area contributed by atoms with Crippen LogP contribution >= 0.6 is 15.9 Å². The van der Waals surface area contributed by atoms with E-state index in [4.69, 9.17) is 9.47 Å². The van der Waals surface area contributed by atoms with Crippen molar-refractivity contribution >= 4 is 28.0 Å². The summed E-state index contributed by atoms with van der Waals surface area (Å²) < 4.78 is 10.9. The molecule has 2 rings (SSSR count). The zero-order valence-electron chi connectivity index (χ0n) is 15.5. The number of alkyl halides is 1. The number of nitrogens with zero attached hydrogens (tertiary/aromatic N) is 1. The van der Waals surface area contributed by atoms with E-state index in [9.17, 15) is 9.59 Å². The smallest absolute Gasteiger partial charge is 0.410 e. The Bertz CT molecular complexity index is 654. The van der Waals surface area contributed by atoms with Crippen LogP contribution in [0.3, 0.4) is 0 Å². The van der Waals surface area contributed by atoms with Gasteiger partial charge in [-0.1, -0.05) is 58.4 Å². The van der Waals surface area contributed by atoms with Crippen molar-refractivity contribution in [1.82, 2.24) is 4.90 Å². The topological polar surface area (TPSA) is 55.8 Å². The summed E-state index contributed by atoms with van der Waals surface area (Å²) in [6, 6.07) is 9.50. The first kappa shape index (κ1) is 20.5. The average Bonchev–Trinajstić information content (AvgIpc) is 3.04. The SMILES string of the molecule is C=C(CBr)[C@@H]1CN(C(=O)OCc2ccccc2)C[C@H]1C(=O)OC(C)(C)C. The second-order valence-corrected chi connectivity index (χ2v) is 8.04. The third kappa shape index (κ3) is 5.59. The highest BCUT2D eigenvalue weighted by Crippen LogP contribution is 2.32. The third-order valence-electron chi connectivity index (χ3n) is 4.19. The number of benzene rings is 1. The van der Waals surface area contributed by atoms with E-state index in [1.807, 2.05) is 51.1 Å². The van der Waals surface area contributed by atoms with Crippen molar-refractivity contribution in [2.45, 2.75) is 33.0 Å². The zero-order chi connectivity index (χ0) is 19.3. The summed E-state index contributed by atoms with van der Waals surface area (Å²) in [6.07, 6.45) is -0.424. The van der Waals surface area contributed by atoms with Gasteiger partial charge in [0.25, 0.3) is 0 Å². The van der Waals surface area contributed by atoms with Gasteiger partial charge in [-0.25, -0.2) is 4.79 Å². The predicted molar refractivity (Wildman–Crippen MR) is 104 cm³/mol. The lowest BCUT2D eigenvalue weighted by molar-refractivity contribution is -0.160. The number of esters is 1. The molecule has 0 radical (unpaired) electrons. The Balaban J connectivity index is 2.02. The number of carbonyl (C=O) groups is 2. The molecule has 6 heteroatoms. The largest absolute Gasteiger partial charge is 0.460 e. The van der Waals surface area contributed by atoms with Gasteiger partial charge in [-0.05, 0) is 26.3 Å². The minimum Gasteiger partial charge on any atom is -0.460 e. The molecule has 1 aromatic carbocycles. The van der Waals surface area contributed by atoms with Gasteiger partial charge in [0.1, 0.15) is 12.2 Å². The Hall–Kier alpha value is -1.82. The molecule has 0 aromatic heterocycles. The van der Waals surface area contributed by atoms with Gasteiger partial charge < -0.3 is 14.4 Å². The molecular formula is C20H26BrNO4. The van der Waals surface area contributed by atoms with Gasteiger partial charge in [0.05, 0.1) is 5.92 Å². The van der Waals surface area contributed by atoms with Crippen LogP contribution in [0.15, 0.2) is 42.5 Å². The number of halogens is 1. The molecule has 0 N–H and O–H groups in total. The summed E-state index contributed by atoms with van der Waals surface area (Å²) in [5.41, 5.74) is 1.22. The molecule has 0 bridgehead atoms. The highest BCUT2D eigenvalue weighted by molar-refractivity contribution is 9.09. The number of ether oxygens (including phenoxy) is 2. The number of hydrogen-bond acceptors (Lipinski definition) is 4. The van der Waals surface area contributed by atoms with Crippen molar-refractivity contribution in [2.75, 3.05) is 18.4 Å². The summed E-state index contributed by atoms with van der Waals surface area (Å²) in [5, 5.41) is 0.573. The molecule has 0 aliphatic carbocycles. The minimum atomic E-state index is -0.571. The second-order valence-electron chi connectivity index (χ2n) is 7.48. The minimum absolute atomic E-state index is 0.145. The number of amides is 1. The molecule has 1 fully saturated rings. The fraction of sp³-hybridized carbons (Fsp3) is 0.500. The molecule has 0 spiro atoms. The molecule has 1 saturated heterocycles. The van der Waals surface area contributed by atoms with Crippen LogP contribution in [-0.2, 0) is 20.9 Å². The van der Waals surface area contributed by atoms with Gasteiger partial charge in [-0.2, -0.15) is 0 Å². The van der Waals surface area contributed by atoms with Crippen LogP contribution in [0.2, 0.25) is 0 Å². The summed E-state index contributed by atoms with van der Waals surface area (Å²) in [4.78, 5) is 26.6. The molecule has 0 saturated carbocycles. The Morgan fingerprint density at radius 3 is 2.38 bits per heavy atom. The van der Waals surface area contributed by atoms with Crippen LogP contribution in [0.4, 0.5) is 4.79 Å². The monoisotopic (exact) mass is 423 g/mol. The lowest BCUT2D eigenvalue weighted by Gasteiger charge is -2.24. The first-order valence-electron chi connectivity index (χ1n) is 8.63. The predicted octanol–water partition coefficient (Wildman–Crippen LogP) is 4.16. The number of likely N-dealkylation sites (tertiary alicyclic amines) is 1. The van der Waals surface area contributed by atoms with Crippen LogP contribution in [0, 0.1) is 11.8 Å². The Morgan fingerprint density at radius 2 is 1.81 bits per heavy atom. The molecule has 1 heterocycles. The maximum atomic E-state index is 12.6. The molecule has 142 valence electrons. The Morgan fingerprint density at radius 1 is 1.19 bits per heavy atom. The fourth-order valence-corrected chi connectivity index (χ4v) is 3.31. The van der Waals surface area contributed by atoms with Gasteiger partial charge in [0.2, 0.25) is 0 Å². The van der Waals surface area contributed by atoms with E-state index in [-0.39, 0.29) is 25.0 Å². The van der Waals surface area contributed by atoms with Crippen LogP contribution in [0.1, 0.15) is 26.3 Å². The molecule has 26 heavy (non-hydrogen) atoms. The normalized spacial score (nSPS) is 19.9. The van der Waals surface area contributed by atoms with Crippen LogP contribution in [0.5, 0.6) is 0 Å². The van der Waals surface area contributed by atoms with Crippen molar-refractivity contribution in [3.63, 3.8) is 0 Å². The number of hydrogen-bond donors (Lipinski definition) is 0. The summed E-state index contributed by atoms with van der Waals surface area (Å²) in [5.74, 6) is -0.875. The highest BCUT2D eigenvalue weighted by atomic mass is 79.9. The molecule has 1 aliphatic rings. The number of carbonyl (C=O) groups excluding carboxylic acids is 2. The maximum absolute atomic E-state index is 12.6. The molecule has 1 aliphatic heterocycles. The molecule has 5 nitrogen and oxygen atoms in total. The van der Waals surface area contributed by atoms with Gasteiger partial charge in [-0.3, -0.25) is 4.79 Å². The van der Waals surface area contributed by atoms with Crippen molar-refractivity contribution in [1.29, 1.82) is 0 Å². The van der Waals surface area contributed by atoms with E-state index in [0.29, 0.717) is 11.9 Å². The Kier molecular flexibility index (Phi) is 6.87. The molecule has 0 unspecified atom stereocenters. The quantitative estimate of drug-likeness (QED) is 0.405. The van der Waals surface area contributed by atoms with Crippen molar-refractivity contribution in [2.24, 2.45) is 11.8 Å². The average molecular weight is 424 g/mol. The van der Waals surface area contributed by atoms with E-state index in [2.05, 4.69) is 22.5 Å². The fourth-order valence-electron chi connectivity index (χ4n) is 2.89. The first-order valence-corrected chi connectivity index (χ1v) is 9.75. The van der Waals surface area contributed by atoms with Gasteiger partial charge in [0.15, 0.2) is 0 Å². The molecular weight excluding hydrogens is 398 g/mol. The van der Waals surface area contributed by atoms with E-state index >= 15 is 0 Å². The molecule has 1 aromatic rings. The van der Waals surface area contributed by atoms with E-state index in [0.717, 1.165) is 11.1 Å². The van der Waals surface area contributed by atoms with Crippen molar-refractivity contribution < 1.29 is 19.1 Å². The van der Waals surface area contributed by atoms with Gasteiger partial charge in [-0.15, -0.1) is 0 Å². The molecule has 1 amide bonds. The number of rotatable bonds is 5. The zero-order valence-corrected chi connectivity index (χ0v) is 17.1. The van der Waals surface area contributed by atoms with E-state index in [1.165, 1.54) is 0 Å². The summed E-state index contributed by atoms with van der Waals surface area (Å²) >= 11 is 3.39.